The molecule has 102 valence electrons. The van der Waals surface area contributed by atoms with Crippen LogP contribution in [0.15, 0.2) is 10.5 Å². The first kappa shape index (κ1) is 14.5. The highest BCUT2D eigenvalue weighted by Crippen LogP contribution is 2.26. The van der Waals surface area contributed by atoms with Crippen molar-refractivity contribution in [1.82, 2.24) is 5.32 Å². The Hall–Kier alpha value is -1.53. The van der Waals surface area contributed by atoms with Gasteiger partial charge in [0.15, 0.2) is 0 Å². The van der Waals surface area contributed by atoms with Gasteiger partial charge >= 0.3 is 12.3 Å². The summed E-state index contributed by atoms with van der Waals surface area (Å²) in [5.74, 6) is -5.70. The smallest absolute Gasteiger partial charge is 0.383 e. The second kappa shape index (κ2) is 4.99. The number of carbonyl (C=O) groups is 1. The molecule has 0 bridgehead atoms. The van der Waals surface area contributed by atoms with Crippen LogP contribution in [-0.4, -0.2) is 18.3 Å². The normalized spacial score (nSPS) is 13.8. The second-order valence-electron chi connectivity index (χ2n) is 3.99. The lowest BCUT2D eigenvalue weighted by Crippen LogP contribution is -2.46. The Bertz CT molecular complexity index is 442. The van der Waals surface area contributed by atoms with Crippen LogP contribution in [0.4, 0.5) is 17.6 Å². The van der Waals surface area contributed by atoms with Crippen molar-refractivity contribution in [3.63, 3.8) is 0 Å². The van der Waals surface area contributed by atoms with Crippen molar-refractivity contribution in [3.8, 4) is 0 Å². The first-order valence-electron chi connectivity index (χ1n) is 5.20. The van der Waals surface area contributed by atoms with Crippen molar-refractivity contribution in [2.45, 2.75) is 39.2 Å². The van der Waals surface area contributed by atoms with Gasteiger partial charge in [-0.1, -0.05) is 0 Å². The lowest BCUT2D eigenvalue weighted by molar-refractivity contribution is -0.170. The Morgan fingerprint density at radius 1 is 1.39 bits per heavy atom. The minimum Gasteiger partial charge on any atom is -0.466 e. The Kier molecular flexibility index (Phi) is 4.03. The Labute approximate surface area is 101 Å². The van der Waals surface area contributed by atoms with Gasteiger partial charge in [0.1, 0.15) is 11.5 Å². The van der Waals surface area contributed by atoms with E-state index in [2.05, 4.69) is 0 Å². The minimum absolute atomic E-state index is 0.445. The summed E-state index contributed by atoms with van der Waals surface area (Å²) in [5, 5.41) is 1.84. The number of amides is 1. The molecule has 3 nitrogen and oxygen atoms in total. The van der Waals surface area contributed by atoms with Crippen LogP contribution in [0, 0.1) is 13.8 Å². The molecule has 1 atom stereocenters. The third kappa shape index (κ3) is 2.83. The van der Waals surface area contributed by atoms with Crippen LogP contribution in [0.2, 0.25) is 0 Å². The molecule has 1 amide bonds. The summed E-state index contributed by atoms with van der Waals surface area (Å²) in [4.78, 5) is 11.0. The number of carbonyl (C=O) groups excluding carboxylic acids is 1. The van der Waals surface area contributed by atoms with Crippen LogP contribution >= 0.6 is 0 Å². The third-order valence-electron chi connectivity index (χ3n) is 2.47. The number of furan rings is 1. The minimum atomic E-state index is -4.69. The summed E-state index contributed by atoms with van der Waals surface area (Å²) in [7, 11) is 0. The molecule has 1 aromatic rings. The second-order valence-corrected chi connectivity index (χ2v) is 3.99. The number of nitrogens with one attached hydrogen (secondary N) is 1. The average molecular weight is 267 g/mol. The van der Waals surface area contributed by atoms with E-state index in [1.54, 1.807) is 19.9 Å². The zero-order chi connectivity index (χ0) is 14.1. The third-order valence-corrected chi connectivity index (χ3v) is 2.47. The molecule has 1 N–H and O–H groups in total. The summed E-state index contributed by atoms with van der Waals surface area (Å²) >= 11 is 0. The molecule has 1 unspecified atom stereocenters. The highest BCUT2D eigenvalue weighted by molar-refractivity contribution is 5.84. The molecule has 1 aromatic heterocycles. The lowest BCUT2D eigenvalue weighted by atomic mass is 10.1. The molecular formula is C11H13F4NO2. The average Bonchev–Trinajstić information content (AvgIpc) is 2.57. The summed E-state index contributed by atoms with van der Waals surface area (Å²) in [6, 6.07) is 0.723. The van der Waals surface area contributed by atoms with E-state index in [9.17, 15) is 22.4 Å². The van der Waals surface area contributed by atoms with Crippen molar-refractivity contribution in [3.05, 3.63) is 23.2 Å². The van der Waals surface area contributed by atoms with Crippen molar-refractivity contribution in [2.75, 3.05) is 0 Å². The van der Waals surface area contributed by atoms with Gasteiger partial charge in [-0.05, 0) is 26.8 Å². The maximum absolute atomic E-state index is 12.7. The molecule has 0 aliphatic heterocycles. The van der Waals surface area contributed by atoms with Gasteiger partial charge in [-0.2, -0.15) is 8.78 Å². The standard InChI is InChI=1S/C11H13F4NO2/c1-5-4-8(7(3)18-5)6(2)16-10(17)11(14,15)9(12)13/h4,6,9H,1-3H3,(H,16,17). The van der Waals surface area contributed by atoms with Gasteiger partial charge < -0.3 is 9.73 Å². The number of hydrogen-bond acceptors (Lipinski definition) is 2. The van der Waals surface area contributed by atoms with Crippen LogP contribution in [-0.2, 0) is 4.79 Å². The number of halogens is 4. The quantitative estimate of drug-likeness (QED) is 0.852. The maximum Gasteiger partial charge on any atom is 0.383 e. The van der Waals surface area contributed by atoms with E-state index in [0.717, 1.165) is 0 Å². The summed E-state index contributed by atoms with van der Waals surface area (Å²) in [5.41, 5.74) is 0.478. The van der Waals surface area contributed by atoms with E-state index < -0.39 is 24.3 Å². The predicted octanol–water partition coefficient (Wildman–Crippen LogP) is 2.97. The molecule has 0 aliphatic carbocycles. The van der Waals surface area contributed by atoms with Crippen molar-refractivity contribution in [1.29, 1.82) is 0 Å². The molecule has 18 heavy (non-hydrogen) atoms. The monoisotopic (exact) mass is 267 g/mol. The SMILES string of the molecule is Cc1cc(C(C)NC(=O)C(F)(F)C(F)F)c(C)o1. The van der Waals surface area contributed by atoms with E-state index >= 15 is 0 Å². The number of aryl methyl sites for hydroxylation is 2. The fourth-order valence-electron chi connectivity index (χ4n) is 1.55. The van der Waals surface area contributed by atoms with Gasteiger partial charge in [0.2, 0.25) is 0 Å². The molecule has 1 rings (SSSR count). The van der Waals surface area contributed by atoms with Crippen LogP contribution in [0.5, 0.6) is 0 Å². The fraction of sp³-hybridized carbons (Fsp3) is 0.545. The van der Waals surface area contributed by atoms with E-state index in [-0.39, 0.29) is 0 Å². The first-order chi connectivity index (χ1) is 8.16. The van der Waals surface area contributed by atoms with E-state index in [0.29, 0.717) is 17.1 Å². The summed E-state index contributed by atoms with van der Waals surface area (Å²) in [6.07, 6.45) is -4.03. The predicted molar refractivity (Wildman–Crippen MR) is 55.7 cm³/mol. The molecule has 7 heteroatoms. The summed E-state index contributed by atoms with van der Waals surface area (Å²) < 4.78 is 54.6. The van der Waals surface area contributed by atoms with Gasteiger partial charge in [-0.3, -0.25) is 4.79 Å². The fourth-order valence-corrected chi connectivity index (χ4v) is 1.55. The number of alkyl halides is 4. The van der Waals surface area contributed by atoms with Gasteiger partial charge in [0, 0.05) is 5.56 Å². The molecule has 0 spiro atoms. The van der Waals surface area contributed by atoms with Crippen LogP contribution in [0.1, 0.15) is 30.0 Å². The molecule has 0 saturated heterocycles. The van der Waals surface area contributed by atoms with Gasteiger partial charge in [0.05, 0.1) is 6.04 Å². The van der Waals surface area contributed by atoms with Crippen LogP contribution in [0.3, 0.4) is 0 Å². The topological polar surface area (TPSA) is 42.2 Å². The lowest BCUT2D eigenvalue weighted by Gasteiger charge is -2.18. The highest BCUT2D eigenvalue weighted by atomic mass is 19.3. The Morgan fingerprint density at radius 2 is 1.94 bits per heavy atom. The van der Waals surface area contributed by atoms with Gasteiger partial charge in [0.25, 0.3) is 5.91 Å². The van der Waals surface area contributed by atoms with Crippen molar-refractivity contribution >= 4 is 5.91 Å². The van der Waals surface area contributed by atoms with E-state index in [4.69, 9.17) is 4.42 Å². The molecule has 0 aliphatic rings. The largest absolute Gasteiger partial charge is 0.466 e. The zero-order valence-corrected chi connectivity index (χ0v) is 10.1. The maximum atomic E-state index is 12.7. The Morgan fingerprint density at radius 3 is 2.33 bits per heavy atom. The molecule has 0 aromatic carbocycles. The van der Waals surface area contributed by atoms with Crippen molar-refractivity contribution < 1.29 is 26.8 Å². The van der Waals surface area contributed by atoms with E-state index in [1.807, 2.05) is 5.32 Å². The summed E-state index contributed by atoms with van der Waals surface area (Å²) in [6.45, 7) is 4.66. The highest BCUT2D eigenvalue weighted by Gasteiger charge is 2.49. The van der Waals surface area contributed by atoms with Gasteiger partial charge in [-0.25, -0.2) is 8.78 Å². The molecule has 0 radical (unpaired) electrons. The van der Waals surface area contributed by atoms with Gasteiger partial charge in [-0.15, -0.1) is 0 Å². The van der Waals surface area contributed by atoms with Crippen molar-refractivity contribution in [2.24, 2.45) is 0 Å². The zero-order valence-electron chi connectivity index (χ0n) is 10.1. The molecular weight excluding hydrogens is 254 g/mol. The number of hydrogen-bond donors (Lipinski definition) is 1. The number of rotatable bonds is 4. The Balaban J connectivity index is 2.80. The van der Waals surface area contributed by atoms with E-state index in [1.165, 1.54) is 6.92 Å². The molecule has 0 saturated carbocycles. The van der Waals surface area contributed by atoms with Crippen LogP contribution in [0.25, 0.3) is 0 Å². The molecule has 0 fully saturated rings. The van der Waals surface area contributed by atoms with Crippen LogP contribution < -0.4 is 5.32 Å². The molecule has 1 heterocycles. The first-order valence-corrected chi connectivity index (χ1v) is 5.20.